The summed E-state index contributed by atoms with van der Waals surface area (Å²) < 4.78 is 1.85. The Balaban J connectivity index is 1.59. The lowest BCUT2D eigenvalue weighted by molar-refractivity contribution is -0.116. The minimum Gasteiger partial charge on any atom is -0.326 e. The summed E-state index contributed by atoms with van der Waals surface area (Å²) in [5.41, 5.74) is 2.24. The van der Waals surface area contributed by atoms with Gasteiger partial charge in [0.1, 0.15) is 6.33 Å². The maximum Gasteiger partial charge on any atom is 0.224 e. The van der Waals surface area contributed by atoms with E-state index in [-0.39, 0.29) is 17.4 Å². The molecule has 1 N–H and O–H groups in total. The second kappa shape index (κ2) is 9.32. The molecule has 1 heterocycles. The quantitative estimate of drug-likeness (QED) is 0.457. The van der Waals surface area contributed by atoms with Crippen LogP contribution < -0.4 is 5.32 Å². The smallest absolute Gasteiger partial charge is 0.224 e. The number of thioether (sulfide) groups is 1. The van der Waals surface area contributed by atoms with E-state index in [0.29, 0.717) is 28.7 Å². The molecule has 3 rings (SSSR count). The Morgan fingerprint density at radius 2 is 1.79 bits per heavy atom. The number of anilines is 1. The van der Waals surface area contributed by atoms with E-state index in [0.717, 1.165) is 5.69 Å². The van der Waals surface area contributed by atoms with Gasteiger partial charge in [-0.25, -0.2) is 0 Å². The maximum absolute atomic E-state index is 12.5. The van der Waals surface area contributed by atoms with Crippen LogP contribution in [0.25, 0.3) is 5.69 Å². The number of aromatic nitrogens is 3. The van der Waals surface area contributed by atoms with Crippen molar-refractivity contribution in [3.8, 4) is 5.69 Å². The van der Waals surface area contributed by atoms with Crippen molar-refractivity contribution < 1.29 is 9.59 Å². The first-order chi connectivity index (χ1) is 13.5. The van der Waals surface area contributed by atoms with Crippen LogP contribution in [-0.4, -0.2) is 32.2 Å². The lowest BCUT2D eigenvalue weighted by Gasteiger charge is -2.08. The maximum atomic E-state index is 12.5. The zero-order valence-electron chi connectivity index (χ0n) is 15.8. The first kappa shape index (κ1) is 19.8. The standard InChI is InChI=1S/C21H22N4O2S/c1-15(2)12-20(27)23-17-10-8-16(9-11-17)19(26)13-28-21-24-22-14-25(21)18-6-4-3-5-7-18/h3-11,14-15H,12-13H2,1-2H3,(H,23,27). The van der Waals surface area contributed by atoms with Crippen molar-refractivity contribution >= 4 is 29.1 Å². The van der Waals surface area contributed by atoms with Gasteiger partial charge in [0.15, 0.2) is 10.9 Å². The average molecular weight is 395 g/mol. The van der Waals surface area contributed by atoms with E-state index in [2.05, 4.69) is 15.5 Å². The lowest BCUT2D eigenvalue weighted by Crippen LogP contribution is -2.14. The minimum absolute atomic E-state index is 0.00679. The predicted molar refractivity (Wildman–Crippen MR) is 111 cm³/mol. The number of nitrogens with one attached hydrogen (secondary N) is 1. The van der Waals surface area contributed by atoms with E-state index in [9.17, 15) is 9.59 Å². The van der Waals surface area contributed by atoms with Crippen molar-refractivity contribution in [3.63, 3.8) is 0 Å². The molecule has 6 nitrogen and oxygen atoms in total. The van der Waals surface area contributed by atoms with Crippen molar-refractivity contribution in [2.45, 2.75) is 25.4 Å². The number of carbonyl (C=O) groups excluding carboxylic acids is 2. The number of rotatable bonds is 8. The normalized spacial score (nSPS) is 10.8. The third kappa shape index (κ3) is 5.29. The van der Waals surface area contributed by atoms with Gasteiger partial charge in [0.05, 0.1) is 5.75 Å². The molecule has 0 unspecified atom stereocenters. The predicted octanol–water partition coefficient (Wildman–Crippen LogP) is 4.23. The van der Waals surface area contributed by atoms with Crippen LogP contribution in [0.1, 0.15) is 30.6 Å². The largest absolute Gasteiger partial charge is 0.326 e. The molecular weight excluding hydrogens is 372 g/mol. The summed E-state index contributed by atoms with van der Waals surface area (Å²) >= 11 is 1.34. The van der Waals surface area contributed by atoms with Gasteiger partial charge in [-0.15, -0.1) is 10.2 Å². The highest BCUT2D eigenvalue weighted by atomic mass is 32.2. The molecule has 0 aliphatic rings. The van der Waals surface area contributed by atoms with E-state index < -0.39 is 0 Å². The van der Waals surface area contributed by atoms with Gasteiger partial charge >= 0.3 is 0 Å². The number of Topliss-reactive ketones (excluding diaryl/α,β-unsaturated/α-hetero) is 1. The van der Waals surface area contributed by atoms with Crippen LogP contribution >= 0.6 is 11.8 Å². The second-order valence-corrected chi connectivity index (χ2v) is 7.70. The Kier molecular flexibility index (Phi) is 6.60. The van der Waals surface area contributed by atoms with Crippen molar-refractivity contribution in [2.24, 2.45) is 5.92 Å². The van der Waals surface area contributed by atoms with E-state index in [1.54, 1.807) is 30.6 Å². The van der Waals surface area contributed by atoms with Crippen LogP contribution in [0, 0.1) is 5.92 Å². The van der Waals surface area contributed by atoms with Crippen molar-refractivity contribution in [1.29, 1.82) is 0 Å². The topological polar surface area (TPSA) is 76.9 Å². The third-order valence-corrected chi connectivity index (χ3v) is 4.91. The number of carbonyl (C=O) groups is 2. The summed E-state index contributed by atoms with van der Waals surface area (Å²) in [7, 11) is 0. The van der Waals surface area contributed by atoms with Crippen LogP contribution in [0.5, 0.6) is 0 Å². The summed E-state index contributed by atoms with van der Waals surface area (Å²) in [6.07, 6.45) is 2.11. The Labute approximate surface area is 168 Å². The van der Waals surface area contributed by atoms with Gasteiger partial charge in [-0.05, 0) is 42.3 Å². The first-order valence-electron chi connectivity index (χ1n) is 9.04. The molecule has 0 saturated heterocycles. The fourth-order valence-electron chi connectivity index (χ4n) is 2.62. The molecule has 0 fully saturated rings. The Hall–Kier alpha value is -2.93. The molecule has 7 heteroatoms. The van der Waals surface area contributed by atoms with Gasteiger partial charge < -0.3 is 5.32 Å². The molecule has 3 aromatic rings. The highest BCUT2D eigenvalue weighted by Crippen LogP contribution is 2.21. The Bertz CT molecular complexity index is 937. The molecule has 2 aromatic carbocycles. The Morgan fingerprint density at radius 3 is 2.46 bits per heavy atom. The van der Waals surface area contributed by atoms with E-state index in [1.165, 1.54) is 11.8 Å². The van der Waals surface area contributed by atoms with Crippen LogP contribution in [0.2, 0.25) is 0 Å². The molecule has 0 atom stereocenters. The van der Waals surface area contributed by atoms with Gasteiger partial charge in [0, 0.05) is 23.4 Å². The fraction of sp³-hybridized carbons (Fsp3) is 0.238. The highest BCUT2D eigenvalue weighted by Gasteiger charge is 2.12. The monoisotopic (exact) mass is 394 g/mol. The summed E-state index contributed by atoms with van der Waals surface area (Å²) in [5.74, 6) is 0.526. The van der Waals surface area contributed by atoms with Crippen LogP contribution in [-0.2, 0) is 4.79 Å². The average Bonchev–Trinajstić information content (AvgIpc) is 3.15. The fourth-order valence-corrected chi connectivity index (χ4v) is 3.45. The molecule has 0 bridgehead atoms. The summed E-state index contributed by atoms with van der Waals surface area (Å²) in [6, 6.07) is 16.7. The number of hydrogen-bond donors (Lipinski definition) is 1. The van der Waals surface area contributed by atoms with Crippen molar-refractivity contribution in [3.05, 3.63) is 66.5 Å². The second-order valence-electron chi connectivity index (χ2n) is 6.75. The zero-order chi connectivity index (χ0) is 19.9. The molecule has 0 aliphatic heterocycles. The molecule has 0 spiro atoms. The van der Waals surface area contributed by atoms with Gasteiger partial charge in [0.25, 0.3) is 0 Å². The number of benzene rings is 2. The number of amides is 1. The minimum atomic E-state index is -0.0233. The number of hydrogen-bond acceptors (Lipinski definition) is 5. The van der Waals surface area contributed by atoms with Gasteiger partial charge in [0.2, 0.25) is 5.91 Å². The number of nitrogens with zero attached hydrogens (tertiary/aromatic N) is 3. The summed E-state index contributed by atoms with van der Waals surface area (Å²) in [4.78, 5) is 24.3. The van der Waals surface area contributed by atoms with E-state index in [1.807, 2.05) is 48.7 Å². The Morgan fingerprint density at radius 1 is 1.07 bits per heavy atom. The molecule has 0 saturated carbocycles. The third-order valence-electron chi connectivity index (χ3n) is 3.97. The van der Waals surface area contributed by atoms with Gasteiger partial charge in [-0.3, -0.25) is 14.2 Å². The SMILES string of the molecule is CC(C)CC(=O)Nc1ccc(C(=O)CSc2nncn2-c2ccccc2)cc1. The van der Waals surface area contributed by atoms with Gasteiger partial charge in [-0.1, -0.05) is 43.8 Å². The first-order valence-corrected chi connectivity index (χ1v) is 10.0. The molecule has 28 heavy (non-hydrogen) atoms. The van der Waals surface area contributed by atoms with Crippen molar-refractivity contribution in [2.75, 3.05) is 11.1 Å². The van der Waals surface area contributed by atoms with Crippen LogP contribution in [0.15, 0.2) is 66.1 Å². The molecule has 144 valence electrons. The zero-order valence-corrected chi connectivity index (χ0v) is 16.6. The highest BCUT2D eigenvalue weighted by molar-refractivity contribution is 7.99. The molecule has 0 radical (unpaired) electrons. The molecule has 0 aliphatic carbocycles. The van der Waals surface area contributed by atoms with Crippen LogP contribution in [0.3, 0.4) is 0 Å². The summed E-state index contributed by atoms with van der Waals surface area (Å²) in [5, 5.41) is 11.6. The van der Waals surface area contributed by atoms with E-state index >= 15 is 0 Å². The van der Waals surface area contributed by atoms with E-state index in [4.69, 9.17) is 0 Å². The lowest BCUT2D eigenvalue weighted by atomic mass is 10.1. The molecule has 1 amide bonds. The molecule has 1 aromatic heterocycles. The number of para-hydroxylation sites is 1. The number of ketones is 1. The summed E-state index contributed by atoms with van der Waals surface area (Å²) in [6.45, 7) is 4.00. The molecular formula is C21H22N4O2S. The van der Waals surface area contributed by atoms with Gasteiger partial charge in [-0.2, -0.15) is 0 Å². The van der Waals surface area contributed by atoms with Crippen molar-refractivity contribution in [1.82, 2.24) is 14.8 Å². The van der Waals surface area contributed by atoms with Crippen LogP contribution in [0.4, 0.5) is 5.69 Å².